The summed E-state index contributed by atoms with van der Waals surface area (Å²) >= 11 is 0. The van der Waals surface area contributed by atoms with Crippen molar-refractivity contribution < 1.29 is 18.4 Å². The Morgan fingerprint density at radius 2 is 1.84 bits per heavy atom. The number of anilines is 1. The number of piperidine rings is 2. The van der Waals surface area contributed by atoms with Crippen molar-refractivity contribution in [3.05, 3.63) is 41.3 Å². The Hall–Kier alpha value is -3.38. The number of hydrogen-bond donors (Lipinski definition) is 3. The fraction of sp³-hybridized carbons (Fsp3) is 0.613. The van der Waals surface area contributed by atoms with Crippen molar-refractivity contribution in [3.8, 4) is 0 Å². The van der Waals surface area contributed by atoms with Crippen LogP contribution in [0.15, 0.2) is 24.4 Å². The van der Waals surface area contributed by atoms with E-state index in [4.69, 9.17) is 10.8 Å². The highest BCUT2D eigenvalue weighted by molar-refractivity contribution is 6.00. The van der Waals surface area contributed by atoms with Crippen molar-refractivity contribution >= 4 is 28.4 Å². The molecule has 1 unspecified atom stereocenters. The molecule has 3 aliphatic rings. The number of fused-ring (bicyclic) bond motifs is 1. The van der Waals surface area contributed by atoms with Crippen LogP contribution in [0.2, 0.25) is 0 Å². The van der Waals surface area contributed by atoms with Gasteiger partial charge in [-0.25, -0.2) is 8.78 Å². The SMILES string of the molecule is Cc1nn(C2CCC(=O)NC2=O)c2cccc(CN3CCC(NCCC4CCC(n5cc(N)c(C(F)F)n5)CC4)CC3)c12. The normalized spacial score (nSPS) is 24.2. The second kappa shape index (κ2) is 12.7. The Labute approximate surface area is 250 Å². The third kappa shape index (κ3) is 6.45. The number of aromatic nitrogens is 4. The first-order valence-electron chi connectivity index (χ1n) is 15.7. The van der Waals surface area contributed by atoms with E-state index < -0.39 is 12.5 Å². The van der Waals surface area contributed by atoms with Crippen LogP contribution in [0.4, 0.5) is 14.5 Å². The first-order valence-corrected chi connectivity index (χ1v) is 15.7. The van der Waals surface area contributed by atoms with Crippen molar-refractivity contribution in [1.29, 1.82) is 0 Å². The standard InChI is InChI=1S/C31H42F2N8O2/c1-19-28-21(3-2-4-25(28)41(37-19)26-9-10-27(42)36-31(26)43)17-39-15-12-22(13-16-39)35-14-11-20-5-7-23(8-6-20)40-18-24(34)29(38-40)30(32)33/h2-4,18,20,22-23,26,30,35H,5-17,34H2,1H3,(H,36,42,43). The molecule has 3 aromatic rings. The molecule has 2 aliphatic heterocycles. The number of nitrogens with two attached hydrogens (primary N) is 1. The van der Waals surface area contributed by atoms with Gasteiger partial charge in [0, 0.05) is 30.6 Å². The lowest BCUT2D eigenvalue weighted by Gasteiger charge is -2.33. The highest BCUT2D eigenvalue weighted by Gasteiger charge is 2.31. The van der Waals surface area contributed by atoms with E-state index in [-0.39, 0.29) is 29.2 Å². The first-order chi connectivity index (χ1) is 20.8. The number of likely N-dealkylation sites (tertiary alicyclic amines) is 1. The van der Waals surface area contributed by atoms with Gasteiger partial charge < -0.3 is 11.1 Å². The van der Waals surface area contributed by atoms with Crippen molar-refractivity contribution in [2.45, 2.75) is 95.8 Å². The third-order valence-electron chi connectivity index (χ3n) is 9.65. The summed E-state index contributed by atoms with van der Waals surface area (Å²) in [6, 6.07) is 6.42. The summed E-state index contributed by atoms with van der Waals surface area (Å²) in [6.07, 6.45) is 7.13. The molecule has 232 valence electrons. The molecule has 1 saturated carbocycles. The van der Waals surface area contributed by atoms with E-state index in [0.29, 0.717) is 24.8 Å². The highest BCUT2D eigenvalue weighted by Crippen LogP contribution is 2.35. The number of nitrogens with zero attached hydrogens (tertiary/aromatic N) is 5. The van der Waals surface area contributed by atoms with Crippen LogP contribution in [-0.4, -0.2) is 62.0 Å². The average Bonchev–Trinajstić information content (AvgIpc) is 3.55. The summed E-state index contributed by atoms with van der Waals surface area (Å²) in [6.45, 7) is 5.88. The van der Waals surface area contributed by atoms with Gasteiger partial charge in [-0.3, -0.25) is 29.2 Å². The van der Waals surface area contributed by atoms with Gasteiger partial charge in [0.15, 0.2) is 5.69 Å². The van der Waals surface area contributed by atoms with E-state index in [2.05, 4.69) is 26.7 Å². The van der Waals surface area contributed by atoms with Gasteiger partial charge in [0.1, 0.15) is 6.04 Å². The summed E-state index contributed by atoms with van der Waals surface area (Å²) in [5.74, 6) is 0.150. The van der Waals surface area contributed by atoms with E-state index >= 15 is 0 Å². The number of aryl methyl sites for hydroxylation is 1. The van der Waals surface area contributed by atoms with E-state index in [9.17, 15) is 18.4 Å². The second-order valence-electron chi connectivity index (χ2n) is 12.5. The summed E-state index contributed by atoms with van der Waals surface area (Å²) in [4.78, 5) is 26.6. The number of nitrogens with one attached hydrogen (secondary N) is 2. The topological polar surface area (TPSA) is 123 Å². The van der Waals surface area contributed by atoms with Crippen molar-refractivity contribution in [1.82, 2.24) is 35.1 Å². The van der Waals surface area contributed by atoms with Crippen LogP contribution in [0.5, 0.6) is 0 Å². The van der Waals surface area contributed by atoms with Crippen LogP contribution in [0.1, 0.15) is 93.2 Å². The van der Waals surface area contributed by atoms with Gasteiger partial charge in [-0.1, -0.05) is 12.1 Å². The maximum atomic E-state index is 13.0. The highest BCUT2D eigenvalue weighted by atomic mass is 19.3. The largest absolute Gasteiger partial charge is 0.396 e. The van der Waals surface area contributed by atoms with Gasteiger partial charge in [0.2, 0.25) is 5.91 Å². The Bertz CT molecular complexity index is 1450. The molecule has 1 aromatic carbocycles. The molecule has 1 atom stereocenters. The fourth-order valence-electron chi connectivity index (χ4n) is 7.25. The van der Waals surface area contributed by atoms with Crippen LogP contribution in [0.25, 0.3) is 10.9 Å². The Morgan fingerprint density at radius 1 is 1.07 bits per heavy atom. The number of hydrogen-bond acceptors (Lipinski definition) is 7. The van der Waals surface area contributed by atoms with Gasteiger partial charge in [-0.15, -0.1) is 0 Å². The molecule has 0 spiro atoms. The number of amides is 2. The van der Waals surface area contributed by atoms with Crippen molar-refractivity contribution in [3.63, 3.8) is 0 Å². The molecule has 12 heteroatoms. The summed E-state index contributed by atoms with van der Waals surface area (Å²) in [5.41, 5.74) is 8.58. The van der Waals surface area contributed by atoms with Crippen LogP contribution in [0, 0.1) is 12.8 Å². The Kier molecular flexibility index (Phi) is 8.76. The summed E-state index contributed by atoms with van der Waals surface area (Å²) in [7, 11) is 0. The van der Waals surface area contributed by atoms with Crippen LogP contribution in [-0.2, 0) is 16.1 Å². The number of rotatable bonds is 9. The molecule has 3 fully saturated rings. The molecule has 4 N–H and O–H groups in total. The number of carbonyl (C=O) groups excluding carboxylic acids is 2. The zero-order valence-corrected chi connectivity index (χ0v) is 24.8. The van der Waals surface area contributed by atoms with Gasteiger partial charge in [0.25, 0.3) is 12.3 Å². The molecule has 1 aliphatic carbocycles. The number of imide groups is 1. The Balaban J connectivity index is 0.954. The van der Waals surface area contributed by atoms with Gasteiger partial charge in [-0.05, 0) is 95.5 Å². The molecule has 4 heterocycles. The predicted octanol–water partition coefficient (Wildman–Crippen LogP) is 4.41. The molecule has 2 saturated heterocycles. The van der Waals surface area contributed by atoms with E-state index in [1.54, 1.807) is 15.6 Å². The molecule has 2 aromatic heterocycles. The number of halogens is 2. The molecule has 0 bridgehead atoms. The second-order valence-corrected chi connectivity index (χ2v) is 12.5. The maximum absolute atomic E-state index is 13.0. The molecular weight excluding hydrogens is 554 g/mol. The molecule has 2 amide bonds. The number of benzene rings is 1. The molecule has 43 heavy (non-hydrogen) atoms. The van der Waals surface area contributed by atoms with Gasteiger partial charge in [-0.2, -0.15) is 10.2 Å². The molecular formula is C31H42F2N8O2. The Morgan fingerprint density at radius 3 is 2.53 bits per heavy atom. The lowest BCUT2D eigenvalue weighted by Crippen LogP contribution is -2.42. The minimum Gasteiger partial charge on any atom is -0.396 e. The van der Waals surface area contributed by atoms with E-state index in [0.717, 1.165) is 87.7 Å². The lowest BCUT2D eigenvalue weighted by atomic mass is 9.84. The monoisotopic (exact) mass is 596 g/mol. The third-order valence-corrected chi connectivity index (χ3v) is 9.65. The van der Waals surface area contributed by atoms with Crippen LogP contribution < -0.4 is 16.4 Å². The zero-order chi connectivity index (χ0) is 30.1. The van der Waals surface area contributed by atoms with Gasteiger partial charge >= 0.3 is 0 Å². The quantitative estimate of drug-likeness (QED) is 0.313. The average molecular weight is 597 g/mol. The minimum atomic E-state index is -2.63. The smallest absolute Gasteiger partial charge is 0.284 e. The molecule has 10 nitrogen and oxygen atoms in total. The van der Waals surface area contributed by atoms with E-state index in [1.165, 1.54) is 5.56 Å². The van der Waals surface area contributed by atoms with Gasteiger partial charge in [0.05, 0.1) is 22.9 Å². The predicted molar refractivity (Wildman–Crippen MR) is 159 cm³/mol. The number of nitrogen functional groups attached to an aromatic ring is 1. The number of alkyl halides is 2. The van der Waals surface area contributed by atoms with Crippen LogP contribution >= 0.6 is 0 Å². The van der Waals surface area contributed by atoms with Crippen molar-refractivity contribution in [2.24, 2.45) is 5.92 Å². The molecule has 6 rings (SSSR count). The van der Waals surface area contributed by atoms with Crippen LogP contribution in [0.3, 0.4) is 0 Å². The minimum absolute atomic E-state index is 0.0837. The van der Waals surface area contributed by atoms with E-state index in [1.807, 2.05) is 19.1 Å². The summed E-state index contributed by atoms with van der Waals surface area (Å²) < 4.78 is 29.6. The summed E-state index contributed by atoms with van der Waals surface area (Å²) in [5, 5.41) is 16.1. The zero-order valence-electron chi connectivity index (χ0n) is 24.8. The lowest BCUT2D eigenvalue weighted by molar-refractivity contribution is -0.135. The fourth-order valence-corrected chi connectivity index (χ4v) is 7.25. The van der Waals surface area contributed by atoms with Crippen molar-refractivity contribution in [2.75, 3.05) is 25.4 Å². The maximum Gasteiger partial charge on any atom is 0.284 e. The number of carbonyl (C=O) groups is 2. The molecule has 0 radical (unpaired) electrons. The first kappa shape index (κ1) is 29.7.